The van der Waals surface area contributed by atoms with Crippen molar-refractivity contribution in [1.82, 2.24) is 5.43 Å². The number of hydrogen-bond donors (Lipinski definition) is 2. The number of benzene rings is 2. The van der Waals surface area contributed by atoms with E-state index in [0.29, 0.717) is 0 Å². The Morgan fingerprint density at radius 1 is 1.05 bits per heavy atom. The fraction of sp³-hybridized carbons (Fsp3) is 0.294. The molecule has 0 aliphatic heterocycles. The van der Waals surface area contributed by atoms with Crippen molar-refractivity contribution in [1.29, 1.82) is 0 Å². The molecule has 0 radical (unpaired) electrons. The molecule has 0 bridgehead atoms. The van der Waals surface area contributed by atoms with Gasteiger partial charge in [-0.05, 0) is 64.1 Å². The van der Waals surface area contributed by atoms with E-state index in [1.807, 2.05) is 0 Å². The lowest BCUT2D eigenvalue weighted by molar-refractivity contribution is 0.419. The van der Waals surface area contributed by atoms with Crippen LogP contribution in [0.2, 0.25) is 0 Å². The number of nitrogens with two attached hydrogens (primary N) is 1. The second kappa shape index (κ2) is 6.24. The maximum absolute atomic E-state index is 5.79. The smallest absolute Gasteiger partial charge is 0.0720 e. The Morgan fingerprint density at radius 2 is 1.75 bits per heavy atom. The zero-order chi connectivity index (χ0) is 13.9. The van der Waals surface area contributed by atoms with Gasteiger partial charge in [0.1, 0.15) is 0 Å². The molecule has 1 aliphatic carbocycles. The minimum Gasteiger partial charge on any atom is -0.271 e. The van der Waals surface area contributed by atoms with E-state index in [1.165, 1.54) is 39.5 Å². The van der Waals surface area contributed by atoms with E-state index in [1.54, 1.807) is 0 Å². The summed E-state index contributed by atoms with van der Waals surface area (Å²) >= 11 is 2.36. The highest BCUT2D eigenvalue weighted by Gasteiger charge is 2.20. The minimum absolute atomic E-state index is 0.0542. The van der Waals surface area contributed by atoms with E-state index >= 15 is 0 Å². The third kappa shape index (κ3) is 2.75. The first kappa shape index (κ1) is 14.0. The largest absolute Gasteiger partial charge is 0.271 e. The maximum Gasteiger partial charge on any atom is 0.0720 e. The van der Waals surface area contributed by atoms with E-state index in [9.17, 15) is 0 Å². The summed E-state index contributed by atoms with van der Waals surface area (Å²) < 4.78 is 1.23. The molecule has 0 aromatic heterocycles. The van der Waals surface area contributed by atoms with Gasteiger partial charge in [-0.25, -0.2) is 5.43 Å². The van der Waals surface area contributed by atoms with Crippen molar-refractivity contribution in [2.24, 2.45) is 5.84 Å². The van der Waals surface area contributed by atoms with Crippen LogP contribution in [-0.4, -0.2) is 0 Å². The van der Waals surface area contributed by atoms with Crippen LogP contribution in [0.3, 0.4) is 0 Å². The van der Waals surface area contributed by atoms with Crippen LogP contribution in [0.5, 0.6) is 0 Å². The zero-order valence-electron chi connectivity index (χ0n) is 11.4. The summed E-state index contributed by atoms with van der Waals surface area (Å²) in [5.41, 5.74) is 6.87. The van der Waals surface area contributed by atoms with Crippen LogP contribution in [0, 0.1) is 3.57 Å². The Hall–Kier alpha value is -0.910. The van der Waals surface area contributed by atoms with Crippen LogP contribution in [0.1, 0.15) is 47.9 Å². The van der Waals surface area contributed by atoms with E-state index in [4.69, 9.17) is 5.84 Å². The monoisotopic (exact) mass is 378 g/mol. The molecule has 1 aliphatic rings. The summed E-state index contributed by atoms with van der Waals surface area (Å²) in [4.78, 5) is 0. The molecule has 104 valence electrons. The molecule has 20 heavy (non-hydrogen) atoms. The van der Waals surface area contributed by atoms with Gasteiger partial charge in [0, 0.05) is 3.57 Å². The van der Waals surface area contributed by atoms with Gasteiger partial charge >= 0.3 is 0 Å². The van der Waals surface area contributed by atoms with Gasteiger partial charge in [-0.3, -0.25) is 5.84 Å². The molecule has 2 aromatic carbocycles. The predicted octanol–water partition coefficient (Wildman–Crippen LogP) is 4.11. The van der Waals surface area contributed by atoms with Crippen molar-refractivity contribution in [2.75, 3.05) is 0 Å². The van der Waals surface area contributed by atoms with Crippen molar-refractivity contribution in [3.05, 3.63) is 68.8 Å². The molecular weight excluding hydrogens is 359 g/mol. The Kier molecular flexibility index (Phi) is 4.38. The lowest BCUT2D eigenvalue weighted by atomic mass is 9.79. The van der Waals surface area contributed by atoms with Crippen molar-refractivity contribution >= 4 is 22.6 Å². The molecule has 1 fully saturated rings. The topological polar surface area (TPSA) is 38.0 Å². The summed E-state index contributed by atoms with van der Waals surface area (Å²) in [6, 6.07) is 17.4. The maximum atomic E-state index is 5.79. The van der Waals surface area contributed by atoms with Gasteiger partial charge in [0.15, 0.2) is 0 Å². The molecule has 0 saturated heterocycles. The molecule has 0 heterocycles. The average molecular weight is 378 g/mol. The molecule has 2 aromatic rings. The first-order valence-corrected chi connectivity index (χ1v) is 8.18. The summed E-state index contributed by atoms with van der Waals surface area (Å²) in [6.45, 7) is 0. The fourth-order valence-electron chi connectivity index (χ4n) is 2.78. The molecule has 0 spiro atoms. The fourth-order valence-corrected chi connectivity index (χ4v) is 3.48. The molecule has 1 unspecified atom stereocenters. The molecule has 3 N–H and O–H groups in total. The predicted molar refractivity (Wildman–Crippen MR) is 91.4 cm³/mol. The summed E-state index contributed by atoms with van der Waals surface area (Å²) in [6.07, 6.45) is 4.06. The molecule has 1 saturated carbocycles. The van der Waals surface area contributed by atoms with E-state index < -0.39 is 0 Å². The van der Waals surface area contributed by atoms with Gasteiger partial charge in [0.05, 0.1) is 6.04 Å². The van der Waals surface area contributed by atoms with Gasteiger partial charge in [-0.15, -0.1) is 0 Å². The van der Waals surface area contributed by atoms with Gasteiger partial charge in [0.25, 0.3) is 0 Å². The molecule has 0 amide bonds. The highest BCUT2D eigenvalue weighted by atomic mass is 127. The average Bonchev–Trinajstić information content (AvgIpc) is 2.41. The van der Waals surface area contributed by atoms with Crippen LogP contribution in [0.4, 0.5) is 0 Å². The number of nitrogens with one attached hydrogen (secondary N) is 1. The van der Waals surface area contributed by atoms with E-state index in [0.717, 1.165) is 5.92 Å². The quantitative estimate of drug-likeness (QED) is 0.477. The van der Waals surface area contributed by atoms with Crippen LogP contribution in [0.25, 0.3) is 0 Å². The molecule has 3 rings (SSSR count). The lowest BCUT2D eigenvalue weighted by Crippen LogP contribution is -2.29. The molecule has 2 nitrogen and oxygen atoms in total. The van der Waals surface area contributed by atoms with Gasteiger partial charge in [-0.1, -0.05) is 48.9 Å². The highest BCUT2D eigenvalue weighted by Crippen LogP contribution is 2.37. The molecule has 1 atom stereocenters. The SMILES string of the molecule is NNC(c1ccc(C2CCC2)cc1)c1ccccc1I. The van der Waals surface area contributed by atoms with Crippen molar-refractivity contribution in [2.45, 2.75) is 31.2 Å². The first-order chi connectivity index (χ1) is 9.79. The van der Waals surface area contributed by atoms with Crippen molar-refractivity contribution in [3.8, 4) is 0 Å². The lowest BCUT2D eigenvalue weighted by Gasteiger charge is -2.26. The number of halogens is 1. The number of hydrogen-bond acceptors (Lipinski definition) is 2. The Balaban J connectivity index is 1.87. The van der Waals surface area contributed by atoms with Crippen LogP contribution >= 0.6 is 22.6 Å². The van der Waals surface area contributed by atoms with Crippen LogP contribution in [-0.2, 0) is 0 Å². The Morgan fingerprint density at radius 3 is 2.30 bits per heavy atom. The Bertz CT molecular complexity index is 576. The molecular formula is C17H19IN2. The van der Waals surface area contributed by atoms with Gasteiger partial charge in [-0.2, -0.15) is 0 Å². The van der Waals surface area contributed by atoms with Gasteiger partial charge in [0.2, 0.25) is 0 Å². The second-order valence-electron chi connectivity index (χ2n) is 5.42. The third-order valence-corrected chi connectivity index (χ3v) is 5.21. The van der Waals surface area contributed by atoms with E-state index in [-0.39, 0.29) is 6.04 Å². The summed E-state index contributed by atoms with van der Waals surface area (Å²) in [5.74, 6) is 6.57. The zero-order valence-corrected chi connectivity index (χ0v) is 13.5. The normalized spacial score (nSPS) is 16.7. The third-order valence-electron chi connectivity index (χ3n) is 4.23. The highest BCUT2D eigenvalue weighted by molar-refractivity contribution is 14.1. The van der Waals surface area contributed by atoms with Crippen LogP contribution in [0.15, 0.2) is 48.5 Å². The first-order valence-electron chi connectivity index (χ1n) is 7.10. The van der Waals surface area contributed by atoms with Crippen molar-refractivity contribution in [3.63, 3.8) is 0 Å². The molecule has 3 heteroatoms. The van der Waals surface area contributed by atoms with Gasteiger partial charge < -0.3 is 0 Å². The number of rotatable bonds is 4. The minimum atomic E-state index is 0.0542. The standard InChI is InChI=1S/C17H19IN2/c18-16-7-2-1-6-15(16)17(20-19)14-10-8-13(9-11-14)12-4-3-5-12/h1-2,6-12,17,20H,3-5,19H2. The Labute approximate surface area is 133 Å². The van der Waals surface area contributed by atoms with E-state index in [2.05, 4.69) is 76.5 Å². The second-order valence-corrected chi connectivity index (χ2v) is 6.58. The van der Waals surface area contributed by atoms with Crippen molar-refractivity contribution < 1.29 is 0 Å². The summed E-state index contributed by atoms with van der Waals surface area (Å²) in [7, 11) is 0. The summed E-state index contributed by atoms with van der Waals surface area (Å²) in [5, 5.41) is 0. The number of hydrazine groups is 1. The van der Waals surface area contributed by atoms with Crippen LogP contribution < -0.4 is 11.3 Å².